The van der Waals surface area contributed by atoms with Gasteiger partial charge in [0.05, 0.1) is 5.57 Å². The van der Waals surface area contributed by atoms with Crippen LogP contribution in [0.4, 0.5) is 0 Å². The van der Waals surface area contributed by atoms with E-state index in [1.807, 2.05) is 18.2 Å². The third-order valence-electron chi connectivity index (χ3n) is 2.50. The zero-order valence-corrected chi connectivity index (χ0v) is 10.3. The van der Waals surface area contributed by atoms with Crippen LogP contribution < -0.4 is 0 Å². The lowest BCUT2D eigenvalue weighted by Crippen LogP contribution is -1.99. The number of hydrogen-bond donors (Lipinski definition) is 1. The molecule has 2 aromatic carbocycles. The summed E-state index contributed by atoms with van der Waals surface area (Å²) in [6.45, 7) is 0. The molecule has 0 saturated carbocycles. The van der Waals surface area contributed by atoms with Crippen LogP contribution in [0.2, 0.25) is 5.02 Å². The van der Waals surface area contributed by atoms with Crippen molar-refractivity contribution in [3.8, 4) is 0 Å². The quantitative estimate of drug-likeness (QED) is 0.668. The second-order valence-corrected chi connectivity index (χ2v) is 4.22. The highest BCUT2D eigenvalue weighted by Crippen LogP contribution is 2.19. The number of rotatable bonds is 3. The fraction of sp³-hybridized carbons (Fsp3) is 0. The molecule has 1 N–H and O–H groups in total. The van der Waals surface area contributed by atoms with E-state index >= 15 is 0 Å². The molecule has 0 heterocycles. The second kappa shape index (κ2) is 5.52. The first-order valence-electron chi connectivity index (χ1n) is 5.43. The SMILES string of the molecule is O=C(O)/C(=C\c1ccc(Cl)cc1)c1ccccc1. The van der Waals surface area contributed by atoms with Gasteiger partial charge in [0.25, 0.3) is 0 Å². The number of halogens is 1. The normalized spacial score (nSPS) is 11.3. The van der Waals surface area contributed by atoms with Gasteiger partial charge in [-0.25, -0.2) is 4.79 Å². The van der Waals surface area contributed by atoms with Gasteiger partial charge in [-0.3, -0.25) is 0 Å². The first kappa shape index (κ1) is 12.4. The van der Waals surface area contributed by atoms with Crippen molar-refractivity contribution >= 4 is 29.2 Å². The minimum atomic E-state index is -0.948. The average molecular weight is 259 g/mol. The van der Waals surface area contributed by atoms with Crippen molar-refractivity contribution in [1.82, 2.24) is 0 Å². The number of carbonyl (C=O) groups is 1. The molecular formula is C15H11ClO2. The van der Waals surface area contributed by atoms with Crippen molar-refractivity contribution < 1.29 is 9.90 Å². The molecule has 18 heavy (non-hydrogen) atoms. The molecule has 0 aromatic heterocycles. The summed E-state index contributed by atoms with van der Waals surface area (Å²) < 4.78 is 0. The molecule has 0 spiro atoms. The molecule has 0 unspecified atom stereocenters. The van der Waals surface area contributed by atoms with Gasteiger partial charge in [-0.05, 0) is 29.3 Å². The van der Waals surface area contributed by atoms with Crippen LogP contribution in [0.1, 0.15) is 11.1 Å². The summed E-state index contributed by atoms with van der Waals surface area (Å²) in [6.07, 6.45) is 1.63. The Kier molecular flexibility index (Phi) is 3.80. The number of aliphatic carboxylic acids is 1. The molecule has 0 bridgehead atoms. The molecule has 0 aliphatic carbocycles. The van der Waals surface area contributed by atoms with Crippen molar-refractivity contribution in [2.45, 2.75) is 0 Å². The minimum absolute atomic E-state index is 0.262. The summed E-state index contributed by atoms with van der Waals surface area (Å²) >= 11 is 5.79. The summed E-state index contributed by atoms with van der Waals surface area (Å²) in [4.78, 5) is 11.3. The van der Waals surface area contributed by atoms with E-state index in [2.05, 4.69) is 0 Å². The molecule has 2 rings (SSSR count). The lowest BCUT2D eigenvalue weighted by atomic mass is 10.0. The van der Waals surface area contributed by atoms with Gasteiger partial charge in [-0.15, -0.1) is 0 Å². The van der Waals surface area contributed by atoms with Crippen LogP contribution in [0.15, 0.2) is 54.6 Å². The molecule has 0 aliphatic rings. The van der Waals surface area contributed by atoms with Crippen LogP contribution in [0.3, 0.4) is 0 Å². The van der Waals surface area contributed by atoms with Gasteiger partial charge >= 0.3 is 5.97 Å². The molecule has 0 radical (unpaired) electrons. The van der Waals surface area contributed by atoms with Crippen molar-refractivity contribution in [3.63, 3.8) is 0 Å². The van der Waals surface area contributed by atoms with E-state index in [4.69, 9.17) is 11.6 Å². The highest BCUT2D eigenvalue weighted by molar-refractivity contribution is 6.30. The van der Waals surface area contributed by atoms with Gasteiger partial charge in [0.15, 0.2) is 0 Å². The first-order chi connectivity index (χ1) is 8.66. The van der Waals surface area contributed by atoms with E-state index in [9.17, 15) is 9.90 Å². The maximum absolute atomic E-state index is 11.3. The van der Waals surface area contributed by atoms with E-state index in [1.165, 1.54) is 0 Å². The van der Waals surface area contributed by atoms with Crippen molar-refractivity contribution in [2.75, 3.05) is 0 Å². The smallest absolute Gasteiger partial charge is 0.336 e. The summed E-state index contributed by atoms with van der Waals surface area (Å²) in [5.74, 6) is -0.948. The number of carboxylic acid groups (broad SMARTS) is 1. The third kappa shape index (κ3) is 2.99. The van der Waals surface area contributed by atoms with Crippen molar-refractivity contribution in [2.24, 2.45) is 0 Å². The van der Waals surface area contributed by atoms with Crippen LogP contribution in [-0.2, 0) is 4.79 Å². The Labute approximate surface area is 110 Å². The van der Waals surface area contributed by atoms with Crippen LogP contribution in [0, 0.1) is 0 Å². The van der Waals surface area contributed by atoms with Gasteiger partial charge in [0.2, 0.25) is 0 Å². The van der Waals surface area contributed by atoms with Gasteiger partial charge < -0.3 is 5.11 Å². The average Bonchev–Trinajstić information content (AvgIpc) is 2.38. The third-order valence-corrected chi connectivity index (χ3v) is 2.75. The van der Waals surface area contributed by atoms with Crippen LogP contribution in [0.5, 0.6) is 0 Å². The Morgan fingerprint density at radius 1 is 1.00 bits per heavy atom. The standard InChI is InChI=1S/C15H11ClO2/c16-13-8-6-11(7-9-13)10-14(15(17)18)12-4-2-1-3-5-12/h1-10H,(H,17,18)/b14-10-. The molecule has 90 valence electrons. The van der Waals surface area contributed by atoms with E-state index in [-0.39, 0.29) is 5.57 Å². The fourth-order valence-electron chi connectivity index (χ4n) is 1.61. The molecule has 2 nitrogen and oxygen atoms in total. The van der Waals surface area contributed by atoms with Crippen LogP contribution in [-0.4, -0.2) is 11.1 Å². The predicted octanol–water partition coefficient (Wildman–Crippen LogP) is 3.97. The number of hydrogen-bond acceptors (Lipinski definition) is 1. The fourth-order valence-corrected chi connectivity index (χ4v) is 1.74. The molecule has 0 amide bonds. The van der Waals surface area contributed by atoms with Gasteiger partial charge in [-0.1, -0.05) is 54.1 Å². The second-order valence-electron chi connectivity index (χ2n) is 3.78. The summed E-state index contributed by atoms with van der Waals surface area (Å²) in [5, 5.41) is 9.88. The lowest BCUT2D eigenvalue weighted by Gasteiger charge is -2.03. The summed E-state index contributed by atoms with van der Waals surface area (Å²) in [6, 6.07) is 16.1. The molecule has 0 atom stereocenters. The number of benzene rings is 2. The Morgan fingerprint density at radius 3 is 2.17 bits per heavy atom. The van der Waals surface area contributed by atoms with Crippen LogP contribution in [0.25, 0.3) is 11.6 Å². The monoisotopic (exact) mass is 258 g/mol. The molecular weight excluding hydrogens is 248 g/mol. The Balaban J connectivity index is 2.43. The Bertz CT molecular complexity index is 571. The highest BCUT2D eigenvalue weighted by Gasteiger charge is 2.09. The summed E-state index contributed by atoms with van der Waals surface area (Å²) in [7, 11) is 0. The summed E-state index contributed by atoms with van der Waals surface area (Å²) in [5.41, 5.74) is 1.75. The zero-order chi connectivity index (χ0) is 13.0. The molecule has 3 heteroatoms. The molecule has 0 fully saturated rings. The maximum Gasteiger partial charge on any atom is 0.336 e. The Morgan fingerprint density at radius 2 is 1.61 bits per heavy atom. The maximum atomic E-state index is 11.3. The molecule has 2 aromatic rings. The first-order valence-corrected chi connectivity index (χ1v) is 5.80. The van der Waals surface area contributed by atoms with Gasteiger partial charge in [0.1, 0.15) is 0 Å². The molecule has 0 aliphatic heterocycles. The van der Waals surface area contributed by atoms with Gasteiger partial charge in [-0.2, -0.15) is 0 Å². The zero-order valence-electron chi connectivity index (χ0n) is 9.51. The van der Waals surface area contributed by atoms with Gasteiger partial charge in [0, 0.05) is 5.02 Å². The largest absolute Gasteiger partial charge is 0.478 e. The predicted molar refractivity (Wildman–Crippen MR) is 73.4 cm³/mol. The number of carboxylic acids is 1. The van der Waals surface area contributed by atoms with Crippen molar-refractivity contribution in [3.05, 3.63) is 70.7 Å². The van der Waals surface area contributed by atoms with E-state index in [0.717, 1.165) is 5.56 Å². The Hall–Kier alpha value is -2.06. The van der Waals surface area contributed by atoms with Crippen molar-refractivity contribution in [1.29, 1.82) is 0 Å². The van der Waals surface area contributed by atoms with E-state index in [1.54, 1.807) is 42.5 Å². The minimum Gasteiger partial charge on any atom is -0.478 e. The van der Waals surface area contributed by atoms with E-state index < -0.39 is 5.97 Å². The molecule has 0 saturated heterocycles. The topological polar surface area (TPSA) is 37.3 Å². The highest BCUT2D eigenvalue weighted by atomic mass is 35.5. The van der Waals surface area contributed by atoms with Crippen LogP contribution >= 0.6 is 11.6 Å². The van der Waals surface area contributed by atoms with E-state index in [0.29, 0.717) is 10.6 Å². The lowest BCUT2D eigenvalue weighted by molar-refractivity contribution is -0.130.